The molecule has 322 valence electrons. The second kappa shape index (κ2) is 15.8. The Balaban J connectivity index is 0.830. The summed E-state index contributed by atoms with van der Waals surface area (Å²) in [6.45, 7) is 0. The van der Waals surface area contributed by atoms with Gasteiger partial charge in [0.2, 0.25) is 0 Å². The second-order valence-corrected chi connectivity index (χ2v) is 18.7. The van der Waals surface area contributed by atoms with Crippen molar-refractivity contribution in [1.29, 1.82) is 0 Å². The van der Waals surface area contributed by atoms with Gasteiger partial charge in [0.1, 0.15) is 0 Å². The fourth-order valence-electron chi connectivity index (χ4n) is 10.3. The number of thiophene rings is 1. The Labute approximate surface area is 401 Å². The Morgan fingerprint density at radius 2 is 0.580 bits per heavy atom. The third kappa shape index (κ3) is 6.56. The highest BCUT2D eigenvalue weighted by Crippen LogP contribution is 2.42. The Morgan fingerprint density at radius 1 is 0.246 bits per heavy atom. The van der Waals surface area contributed by atoms with E-state index in [4.69, 9.17) is 15.0 Å². The third-order valence-corrected chi connectivity index (χ3v) is 14.7. The maximum absolute atomic E-state index is 4.98. The fourth-order valence-corrected chi connectivity index (χ4v) is 11.3. The lowest BCUT2D eigenvalue weighted by atomic mass is 9.98. The SMILES string of the molecule is c1ccc(-c2nc(-c3ccccc3)nc(-c3ccc(-n4c5ccccc5c5cc(-c6ccc7sc8ccc(-c9ccc%10c(c9)c9ccccc9n%10-c9ccccc9)cc8c7c6)ccc54)cc3)n2)cc1. The van der Waals surface area contributed by atoms with Crippen molar-refractivity contribution in [1.82, 2.24) is 24.1 Å². The Morgan fingerprint density at radius 3 is 1.04 bits per heavy atom. The molecule has 14 aromatic rings. The van der Waals surface area contributed by atoms with Gasteiger partial charge in [-0.05, 0) is 119 Å². The summed E-state index contributed by atoms with van der Waals surface area (Å²) in [6, 6.07) is 84.7. The summed E-state index contributed by atoms with van der Waals surface area (Å²) >= 11 is 1.86. The molecule has 5 nitrogen and oxygen atoms in total. The van der Waals surface area contributed by atoms with Crippen LogP contribution in [0.25, 0.3) is 132 Å². The van der Waals surface area contributed by atoms with Crippen LogP contribution < -0.4 is 0 Å². The molecule has 0 fully saturated rings. The van der Waals surface area contributed by atoms with Crippen LogP contribution in [0.2, 0.25) is 0 Å². The van der Waals surface area contributed by atoms with Gasteiger partial charge in [-0.1, -0.05) is 140 Å². The number of benzene rings is 10. The minimum atomic E-state index is 0.637. The van der Waals surface area contributed by atoms with Gasteiger partial charge in [-0.25, -0.2) is 15.0 Å². The number of hydrogen-bond donors (Lipinski definition) is 0. The standard InChI is InChI=1S/C63H39N5S/c1-4-14-40(15-5-1)61-64-62(41-16-6-2-7-17-41)66-63(65-61)42-24-30-48(31-25-42)68-56-23-13-11-21-50(56)52-37-44(27-33-58(52)68)46-29-35-60-54(39-46)53-38-45(28-34-59(53)69-60)43-26-32-57-51(36-43)49-20-10-12-22-55(49)67(57)47-18-8-3-9-19-47/h1-39H. The summed E-state index contributed by atoms with van der Waals surface area (Å²) in [7, 11) is 0. The summed E-state index contributed by atoms with van der Waals surface area (Å²) in [4.78, 5) is 14.9. The molecule has 0 amide bonds. The number of nitrogens with zero attached hydrogens (tertiary/aromatic N) is 5. The van der Waals surface area contributed by atoms with Gasteiger partial charge < -0.3 is 9.13 Å². The molecule has 0 atom stereocenters. The Bertz CT molecular complexity index is 4230. The molecule has 0 saturated carbocycles. The third-order valence-electron chi connectivity index (χ3n) is 13.6. The maximum atomic E-state index is 4.98. The first-order chi connectivity index (χ1) is 34.2. The summed E-state index contributed by atoms with van der Waals surface area (Å²) in [5, 5.41) is 7.51. The predicted molar refractivity (Wildman–Crippen MR) is 289 cm³/mol. The van der Waals surface area contributed by atoms with Crippen LogP contribution in [0.5, 0.6) is 0 Å². The molecule has 0 saturated heterocycles. The summed E-state index contributed by atoms with van der Waals surface area (Å²) in [5.74, 6) is 1.93. The number of hydrogen-bond acceptors (Lipinski definition) is 4. The lowest BCUT2D eigenvalue weighted by Crippen LogP contribution is -2.00. The largest absolute Gasteiger partial charge is 0.309 e. The fraction of sp³-hybridized carbons (Fsp3) is 0. The van der Waals surface area contributed by atoms with E-state index in [2.05, 4.69) is 185 Å². The normalized spacial score (nSPS) is 11.8. The molecule has 14 rings (SSSR count). The zero-order valence-electron chi connectivity index (χ0n) is 37.2. The zero-order valence-corrected chi connectivity index (χ0v) is 38.0. The van der Waals surface area contributed by atoms with E-state index in [9.17, 15) is 0 Å². The Kier molecular flexibility index (Phi) is 9.00. The molecule has 10 aromatic carbocycles. The zero-order chi connectivity index (χ0) is 45.4. The van der Waals surface area contributed by atoms with Crippen LogP contribution in [0.15, 0.2) is 237 Å². The van der Waals surface area contributed by atoms with Crippen LogP contribution in [-0.4, -0.2) is 24.1 Å². The van der Waals surface area contributed by atoms with Crippen molar-refractivity contribution < 1.29 is 0 Å². The van der Waals surface area contributed by atoms with E-state index in [1.807, 2.05) is 72.0 Å². The smallest absolute Gasteiger partial charge is 0.164 e. The predicted octanol–water partition coefficient (Wildman–Crippen LogP) is 16.8. The molecule has 0 aliphatic carbocycles. The molecule has 4 aromatic heterocycles. The van der Waals surface area contributed by atoms with Gasteiger partial charge in [-0.3, -0.25) is 0 Å². The minimum Gasteiger partial charge on any atom is -0.309 e. The lowest BCUT2D eigenvalue weighted by molar-refractivity contribution is 1.07. The van der Waals surface area contributed by atoms with E-state index in [0.29, 0.717) is 17.5 Å². The van der Waals surface area contributed by atoms with Gasteiger partial charge >= 0.3 is 0 Å². The monoisotopic (exact) mass is 897 g/mol. The molecule has 0 spiro atoms. The molecular formula is C63H39N5S. The van der Waals surface area contributed by atoms with Gasteiger partial charge in [-0.2, -0.15) is 0 Å². The molecule has 69 heavy (non-hydrogen) atoms. The number of aromatic nitrogens is 5. The van der Waals surface area contributed by atoms with Crippen molar-refractivity contribution in [3.8, 4) is 67.8 Å². The van der Waals surface area contributed by atoms with Gasteiger partial charge in [0.25, 0.3) is 0 Å². The van der Waals surface area contributed by atoms with E-state index in [1.54, 1.807) is 0 Å². The van der Waals surface area contributed by atoms with E-state index in [0.717, 1.165) is 33.4 Å². The first-order valence-electron chi connectivity index (χ1n) is 23.3. The van der Waals surface area contributed by atoms with Crippen LogP contribution in [0.3, 0.4) is 0 Å². The average molecular weight is 898 g/mol. The van der Waals surface area contributed by atoms with Crippen molar-refractivity contribution >= 4 is 75.1 Å². The molecular weight excluding hydrogens is 859 g/mol. The summed E-state index contributed by atoms with van der Waals surface area (Å²) in [5.41, 5.74) is 14.6. The first kappa shape index (κ1) is 39.2. The van der Waals surface area contributed by atoms with Gasteiger partial charge in [0.05, 0.1) is 22.1 Å². The van der Waals surface area contributed by atoms with Crippen LogP contribution in [0, 0.1) is 0 Å². The van der Waals surface area contributed by atoms with E-state index in [-0.39, 0.29) is 0 Å². The van der Waals surface area contributed by atoms with E-state index < -0.39 is 0 Å². The first-order valence-corrected chi connectivity index (χ1v) is 24.1. The maximum Gasteiger partial charge on any atom is 0.164 e. The topological polar surface area (TPSA) is 48.5 Å². The minimum absolute atomic E-state index is 0.637. The van der Waals surface area contributed by atoms with Gasteiger partial charge in [0, 0.05) is 69.8 Å². The van der Waals surface area contributed by atoms with Crippen LogP contribution in [-0.2, 0) is 0 Å². The number of rotatable bonds is 7. The highest BCUT2D eigenvalue weighted by Gasteiger charge is 2.18. The highest BCUT2D eigenvalue weighted by atomic mass is 32.1. The van der Waals surface area contributed by atoms with Gasteiger partial charge in [-0.15, -0.1) is 11.3 Å². The van der Waals surface area contributed by atoms with Crippen molar-refractivity contribution in [3.05, 3.63) is 237 Å². The quantitative estimate of drug-likeness (QED) is 0.160. The van der Waals surface area contributed by atoms with Crippen molar-refractivity contribution in [3.63, 3.8) is 0 Å². The van der Waals surface area contributed by atoms with E-state index >= 15 is 0 Å². The molecule has 0 bridgehead atoms. The molecule has 0 N–H and O–H groups in total. The Hall–Kier alpha value is -8.97. The molecule has 6 heteroatoms. The molecule has 0 radical (unpaired) electrons. The molecule has 0 aliphatic rings. The van der Waals surface area contributed by atoms with Crippen molar-refractivity contribution in [2.45, 2.75) is 0 Å². The van der Waals surface area contributed by atoms with Crippen LogP contribution >= 0.6 is 11.3 Å². The van der Waals surface area contributed by atoms with Crippen LogP contribution in [0.1, 0.15) is 0 Å². The second-order valence-electron chi connectivity index (χ2n) is 17.6. The van der Waals surface area contributed by atoms with Crippen LogP contribution in [0.4, 0.5) is 0 Å². The van der Waals surface area contributed by atoms with Gasteiger partial charge in [0.15, 0.2) is 17.5 Å². The molecule has 4 heterocycles. The number of para-hydroxylation sites is 3. The highest BCUT2D eigenvalue weighted by molar-refractivity contribution is 7.25. The average Bonchev–Trinajstić information content (AvgIpc) is 4.08. The van der Waals surface area contributed by atoms with Crippen molar-refractivity contribution in [2.24, 2.45) is 0 Å². The van der Waals surface area contributed by atoms with Crippen molar-refractivity contribution in [2.75, 3.05) is 0 Å². The summed E-state index contributed by atoms with van der Waals surface area (Å²) in [6.07, 6.45) is 0. The lowest BCUT2D eigenvalue weighted by Gasteiger charge is -2.11. The summed E-state index contributed by atoms with van der Waals surface area (Å²) < 4.78 is 7.32. The molecule has 0 unspecified atom stereocenters. The number of fused-ring (bicyclic) bond motifs is 9. The van der Waals surface area contributed by atoms with E-state index in [1.165, 1.54) is 80.7 Å². The molecule has 0 aliphatic heterocycles.